The van der Waals surface area contributed by atoms with Gasteiger partial charge in [-0.05, 0) is 62.0 Å². The SMILES string of the molecule is C=C1CC2CC[C@@]34C[C@H]5O[C@H]6[C@@H](O3)[C@H]3O[C@H](CC[C@@H]3O[C@H]6[C@H]5O4)CC(=O)CC3C(C[C@H]4O[C@@H](CCC1O2)C[C@@H](C)C4=C)O[C@H](C[C@H](O)CO)[C@@H]3OC. The Morgan fingerprint density at radius 3 is 2.37 bits per heavy atom. The number of hydrogen-bond donors (Lipinski definition) is 2. The van der Waals surface area contributed by atoms with E-state index in [2.05, 4.69) is 20.1 Å². The highest BCUT2D eigenvalue weighted by molar-refractivity contribution is 5.79. The van der Waals surface area contributed by atoms with Crippen LogP contribution >= 0.6 is 0 Å². The molecule has 1 spiro atoms. The molecule has 10 aliphatic heterocycles. The van der Waals surface area contributed by atoms with Crippen molar-refractivity contribution in [2.45, 2.75) is 194 Å². The van der Waals surface area contributed by atoms with Crippen molar-refractivity contribution in [2.75, 3.05) is 13.7 Å². The number of rotatable bonds is 4. The number of carbonyl (C=O) groups is 1. The molecule has 10 rings (SSSR count). The highest BCUT2D eigenvalue weighted by Gasteiger charge is 2.68. The van der Waals surface area contributed by atoms with Gasteiger partial charge in [-0.25, -0.2) is 0 Å². The lowest BCUT2D eigenvalue weighted by Gasteiger charge is -2.47. The van der Waals surface area contributed by atoms with Gasteiger partial charge in [-0.1, -0.05) is 20.1 Å². The average molecular weight is 731 g/mol. The van der Waals surface area contributed by atoms with E-state index in [1.807, 2.05) is 0 Å². The fraction of sp³-hybridized carbons (Fsp3) is 0.875. The van der Waals surface area contributed by atoms with E-state index in [0.717, 1.165) is 49.7 Å². The lowest BCUT2D eigenvalue weighted by atomic mass is 9.81. The Bertz CT molecular complexity index is 1370. The van der Waals surface area contributed by atoms with E-state index in [1.165, 1.54) is 0 Å². The molecule has 4 unspecified atom stereocenters. The van der Waals surface area contributed by atoms with Crippen molar-refractivity contribution in [3.05, 3.63) is 24.3 Å². The first kappa shape index (κ1) is 36.4. The minimum Gasteiger partial charge on any atom is -0.394 e. The Hall–Kier alpha value is -1.29. The predicted octanol–water partition coefficient (Wildman–Crippen LogP) is 3.47. The lowest BCUT2D eigenvalue weighted by molar-refractivity contribution is -0.292. The molecule has 12 heteroatoms. The third-order valence-electron chi connectivity index (χ3n) is 13.9. The van der Waals surface area contributed by atoms with Crippen molar-refractivity contribution in [3.63, 3.8) is 0 Å². The van der Waals surface area contributed by atoms with Crippen LogP contribution < -0.4 is 0 Å². The fourth-order valence-electron chi connectivity index (χ4n) is 11.3. The van der Waals surface area contributed by atoms with Gasteiger partial charge in [0.1, 0.15) is 36.3 Å². The van der Waals surface area contributed by atoms with Crippen LogP contribution in [0.5, 0.6) is 0 Å². The molecule has 0 aromatic heterocycles. The van der Waals surface area contributed by atoms with Crippen LogP contribution in [0.3, 0.4) is 0 Å². The Kier molecular flexibility index (Phi) is 10.0. The molecule has 19 atom stereocenters. The van der Waals surface area contributed by atoms with Gasteiger partial charge in [-0.15, -0.1) is 0 Å². The summed E-state index contributed by atoms with van der Waals surface area (Å²) in [6, 6.07) is 0. The first-order chi connectivity index (χ1) is 25.1. The number of hydrogen-bond acceptors (Lipinski definition) is 12. The zero-order valence-corrected chi connectivity index (χ0v) is 30.7. The number of aliphatic hydroxyl groups is 2. The van der Waals surface area contributed by atoms with Crippen LogP contribution in [0.15, 0.2) is 24.3 Å². The second-order valence-electron chi connectivity index (χ2n) is 17.4. The van der Waals surface area contributed by atoms with Gasteiger partial charge >= 0.3 is 0 Å². The van der Waals surface area contributed by atoms with Crippen molar-refractivity contribution in [1.82, 2.24) is 0 Å². The lowest BCUT2D eigenvalue weighted by Crippen LogP contribution is -2.61. The van der Waals surface area contributed by atoms with Crippen molar-refractivity contribution < 1.29 is 57.6 Å². The van der Waals surface area contributed by atoms with E-state index in [9.17, 15) is 15.0 Å². The van der Waals surface area contributed by atoms with Crippen LogP contribution in [0, 0.1) is 11.8 Å². The standard InChI is InChI=1S/C40H58O12/c1-19-11-24-5-7-28-20(2)12-26(45-28)9-10-40-17-33-36(51-40)37-38(50-33)39(52-40)35-29(49-37)8-6-25(47-35)13-22(42)14-27-31(16-30(46-24)21(19)3)48-32(34(27)44-4)15-23(43)18-41/h19,23-39,41,43H,2-3,5-18H2,1,4H3/t19-,23+,24+,25-,26?,27?,28?,29+,30-,31?,32-,33-,34-,35+,36+,37+,38-,39+,40+/m1/s1. The summed E-state index contributed by atoms with van der Waals surface area (Å²) in [5, 5.41) is 20.1. The van der Waals surface area contributed by atoms with E-state index in [-0.39, 0.29) is 123 Å². The van der Waals surface area contributed by atoms with Crippen molar-refractivity contribution in [2.24, 2.45) is 11.8 Å². The normalized spacial score (nSPS) is 52.4. The number of aliphatic hydroxyl groups excluding tert-OH is 2. The minimum absolute atomic E-state index is 0.0260. The Labute approximate surface area is 306 Å². The number of methoxy groups -OCH3 is 1. The molecule has 52 heavy (non-hydrogen) atoms. The van der Waals surface area contributed by atoms with E-state index < -0.39 is 24.1 Å². The van der Waals surface area contributed by atoms with Gasteiger partial charge in [0.2, 0.25) is 0 Å². The molecule has 10 heterocycles. The third-order valence-corrected chi connectivity index (χ3v) is 13.9. The molecule has 0 aromatic carbocycles. The van der Waals surface area contributed by atoms with Gasteiger partial charge in [0, 0.05) is 51.6 Å². The molecule has 2 N–H and O–H groups in total. The summed E-state index contributed by atoms with van der Waals surface area (Å²) in [7, 11) is 1.63. The molecular formula is C40H58O12. The summed E-state index contributed by atoms with van der Waals surface area (Å²) in [4.78, 5) is 14.0. The summed E-state index contributed by atoms with van der Waals surface area (Å²) in [5.74, 6) is -0.709. The maximum atomic E-state index is 14.0. The molecule has 10 fully saturated rings. The van der Waals surface area contributed by atoms with Gasteiger partial charge < -0.3 is 52.8 Å². The number of ether oxygens (including phenoxy) is 9. The van der Waals surface area contributed by atoms with E-state index in [4.69, 9.17) is 42.6 Å². The quantitative estimate of drug-likeness (QED) is 0.410. The molecule has 0 aliphatic carbocycles. The van der Waals surface area contributed by atoms with E-state index in [0.29, 0.717) is 25.7 Å². The number of ketones is 1. The van der Waals surface area contributed by atoms with Gasteiger partial charge in [0.15, 0.2) is 5.79 Å². The predicted molar refractivity (Wildman–Crippen MR) is 184 cm³/mol. The summed E-state index contributed by atoms with van der Waals surface area (Å²) in [6.45, 7) is 10.7. The molecular weight excluding hydrogens is 672 g/mol. The number of Topliss-reactive ketones (excluding diaryl/α,β-unsaturated/α-hetero) is 1. The van der Waals surface area contributed by atoms with Gasteiger partial charge in [-0.2, -0.15) is 0 Å². The molecule has 290 valence electrons. The molecule has 0 aromatic rings. The second-order valence-corrected chi connectivity index (χ2v) is 17.4. The van der Waals surface area contributed by atoms with Crippen LogP contribution in [0.2, 0.25) is 0 Å². The second kappa shape index (κ2) is 14.3. The van der Waals surface area contributed by atoms with Crippen LogP contribution in [0.25, 0.3) is 0 Å². The van der Waals surface area contributed by atoms with Crippen LogP contribution in [-0.4, -0.2) is 133 Å². The van der Waals surface area contributed by atoms with Crippen molar-refractivity contribution >= 4 is 5.78 Å². The monoisotopic (exact) mass is 730 g/mol. The first-order valence-electron chi connectivity index (χ1n) is 20.1. The highest BCUT2D eigenvalue weighted by Crippen LogP contribution is 2.54. The van der Waals surface area contributed by atoms with Crippen molar-refractivity contribution in [3.8, 4) is 0 Å². The molecule has 0 amide bonds. The Morgan fingerprint density at radius 2 is 1.54 bits per heavy atom. The average Bonchev–Trinajstić information content (AvgIpc) is 3.79. The Balaban J connectivity index is 0.994. The zero-order valence-electron chi connectivity index (χ0n) is 30.7. The zero-order chi connectivity index (χ0) is 35.9. The van der Waals surface area contributed by atoms with E-state index >= 15 is 0 Å². The van der Waals surface area contributed by atoms with E-state index in [1.54, 1.807) is 7.11 Å². The number of fused-ring (bicyclic) bond motifs is 6. The minimum atomic E-state index is -0.951. The summed E-state index contributed by atoms with van der Waals surface area (Å²) in [5.41, 5.74) is 2.17. The van der Waals surface area contributed by atoms with Gasteiger partial charge in [0.05, 0.1) is 73.8 Å². The highest BCUT2D eigenvalue weighted by atomic mass is 16.8. The smallest absolute Gasteiger partial charge is 0.172 e. The molecule has 12 bridgehead atoms. The third kappa shape index (κ3) is 6.59. The maximum absolute atomic E-state index is 14.0. The molecule has 12 nitrogen and oxygen atoms in total. The number of carbonyl (C=O) groups excluding carboxylic acids is 1. The first-order valence-corrected chi connectivity index (χ1v) is 20.1. The van der Waals surface area contributed by atoms with Crippen LogP contribution in [0.1, 0.15) is 90.4 Å². The van der Waals surface area contributed by atoms with Crippen LogP contribution in [0.4, 0.5) is 0 Å². The molecule has 10 aliphatic rings. The summed E-state index contributed by atoms with van der Waals surface area (Å²) < 4.78 is 59.8. The molecule has 10 saturated heterocycles. The fourth-order valence-corrected chi connectivity index (χ4v) is 11.3. The topological polar surface area (TPSA) is 141 Å². The largest absolute Gasteiger partial charge is 0.394 e. The van der Waals surface area contributed by atoms with Gasteiger partial charge in [-0.3, -0.25) is 4.79 Å². The molecule has 0 radical (unpaired) electrons. The van der Waals surface area contributed by atoms with Crippen LogP contribution in [-0.2, 0) is 47.4 Å². The summed E-state index contributed by atoms with van der Waals surface area (Å²) in [6.07, 6.45) is 4.01. The van der Waals surface area contributed by atoms with Crippen molar-refractivity contribution in [1.29, 1.82) is 0 Å². The Morgan fingerprint density at radius 1 is 0.788 bits per heavy atom. The summed E-state index contributed by atoms with van der Waals surface area (Å²) >= 11 is 0. The maximum Gasteiger partial charge on any atom is 0.172 e. The van der Waals surface area contributed by atoms with Gasteiger partial charge in [0.25, 0.3) is 0 Å². The molecule has 0 saturated carbocycles.